The largest absolute Gasteiger partial charge is 0.496 e. The lowest BCUT2D eigenvalue weighted by Gasteiger charge is -2.51. The van der Waals surface area contributed by atoms with Gasteiger partial charge in [0.05, 0.1) is 18.9 Å². The van der Waals surface area contributed by atoms with Gasteiger partial charge in [-0.3, -0.25) is 4.79 Å². The molecule has 0 N–H and O–H groups in total. The minimum atomic E-state index is -0.519. The highest BCUT2D eigenvalue weighted by molar-refractivity contribution is 6.04. The number of hydrogen-bond donors (Lipinski definition) is 0. The molecule has 3 aliphatic rings. The number of carbonyl (C=O) groups excluding carboxylic acids is 1. The van der Waals surface area contributed by atoms with Crippen LogP contribution in [0.3, 0.4) is 0 Å². The van der Waals surface area contributed by atoms with Gasteiger partial charge in [0.1, 0.15) is 11.5 Å². The van der Waals surface area contributed by atoms with Crippen LogP contribution in [0.15, 0.2) is 53.6 Å². The number of methoxy groups -OCH3 is 1. The van der Waals surface area contributed by atoms with Crippen molar-refractivity contribution in [2.45, 2.75) is 38.0 Å². The van der Waals surface area contributed by atoms with Crippen LogP contribution in [0.5, 0.6) is 11.5 Å². The van der Waals surface area contributed by atoms with Crippen LogP contribution < -0.4 is 9.47 Å². The summed E-state index contributed by atoms with van der Waals surface area (Å²) in [6.07, 6.45) is 2.28. The van der Waals surface area contributed by atoms with E-state index in [0.717, 1.165) is 42.0 Å². The lowest BCUT2D eigenvalue weighted by atomic mass is 9.90. The van der Waals surface area contributed by atoms with Crippen LogP contribution in [0.25, 0.3) is 0 Å². The molecule has 1 saturated heterocycles. The van der Waals surface area contributed by atoms with E-state index in [1.807, 2.05) is 35.2 Å². The number of fused-ring (bicyclic) bond motifs is 4. The molecule has 3 heterocycles. The normalized spacial score (nSPS) is 21.9. The molecule has 0 radical (unpaired) electrons. The molecular weight excluding hydrogens is 366 g/mol. The van der Waals surface area contributed by atoms with E-state index >= 15 is 0 Å². The van der Waals surface area contributed by atoms with Crippen molar-refractivity contribution in [2.75, 3.05) is 20.2 Å². The molecule has 0 saturated carbocycles. The van der Waals surface area contributed by atoms with Crippen LogP contribution in [0.4, 0.5) is 0 Å². The van der Waals surface area contributed by atoms with Gasteiger partial charge in [-0.05, 0) is 18.2 Å². The first-order valence-electron chi connectivity index (χ1n) is 10.1. The van der Waals surface area contributed by atoms with Crippen molar-refractivity contribution in [3.63, 3.8) is 0 Å². The van der Waals surface area contributed by atoms with Crippen molar-refractivity contribution in [1.82, 2.24) is 9.91 Å². The summed E-state index contributed by atoms with van der Waals surface area (Å²) >= 11 is 0. The van der Waals surface area contributed by atoms with Gasteiger partial charge in [0.15, 0.2) is 0 Å². The summed E-state index contributed by atoms with van der Waals surface area (Å²) in [5.41, 5.74) is 2.69. The highest BCUT2D eigenvalue weighted by atomic mass is 16.5. The van der Waals surface area contributed by atoms with E-state index in [-0.39, 0.29) is 11.9 Å². The van der Waals surface area contributed by atoms with Crippen LogP contribution in [0.1, 0.15) is 43.4 Å². The number of likely N-dealkylation sites (tertiary alicyclic amines) is 1. The van der Waals surface area contributed by atoms with Crippen molar-refractivity contribution in [3.05, 3.63) is 59.7 Å². The number of piperidine rings is 1. The molecule has 1 fully saturated rings. The molecule has 6 heteroatoms. The molecule has 0 unspecified atom stereocenters. The summed E-state index contributed by atoms with van der Waals surface area (Å²) in [5.74, 6) is 1.88. The summed E-state index contributed by atoms with van der Waals surface area (Å²) in [6, 6.07) is 16.4. The third-order valence-corrected chi connectivity index (χ3v) is 6.31. The van der Waals surface area contributed by atoms with Gasteiger partial charge in [0.2, 0.25) is 11.6 Å². The Morgan fingerprint density at radius 1 is 1.14 bits per heavy atom. The molecule has 5 rings (SSSR count). The third kappa shape index (κ3) is 2.85. The van der Waals surface area contributed by atoms with E-state index in [9.17, 15) is 4.79 Å². The number of rotatable bonds is 2. The highest BCUT2D eigenvalue weighted by Gasteiger charge is 2.52. The second-order valence-corrected chi connectivity index (χ2v) is 7.90. The third-order valence-electron chi connectivity index (χ3n) is 6.31. The van der Waals surface area contributed by atoms with Crippen molar-refractivity contribution in [1.29, 1.82) is 0 Å². The summed E-state index contributed by atoms with van der Waals surface area (Å²) in [6.45, 7) is 2.99. The van der Waals surface area contributed by atoms with Crippen LogP contribution in [0.2, 0.25) is 0 Å². The fraction of sp³-hybridized carbons (Fsp3) is 0.391. The van der Waals surface area contributed by atoms with E-state index in [1.54, 1.807) is 14.0 Å². The van der Waals surface area contributed by atoms with Crippen LogP contribution in [-0.4, -0.2) is 47.5 Å². The Bertz CT molecular complexity index is 979. The number of hydrazone groups is 1. The Hall–Kier alpha value is -3.02. The average molecular weight is 391 g/mol. The Morgan fingerprint density at radius 3 is 2.62 bits per heavy atom. The van der Waals surface area contributed by atoms with E-state index in [2.05, 4.69) is 23.2 Å². The summed E-state index contributed by atoms with van der Waals surface area (Å²) in [7, 11) is 1.69. The number of amides is 1. The maximum Gasteiger partial charge on any atom is 0.219 e. The molecular formula is C23H25N3O3. The van der Waals surface area contributed by atoms with Crippen molar-refractivity contribution in [2.24, 2.45) is 5.10 Å². The lowest BCUT2D eigenvalue weighted by molar-refractivity contribution is -0.158. The van der Waals surface area contributed by atoms with Gasteiger partial charge in [-0.15, -0.1) is 0 Å². The van der Waals surface area contributed by atoms with Gasteiger partial charge < -0.3 is 14.4 Å². The Morgan fingerprint density at radius 2 is 1.86 bits per heavy atom. The Labute approximate surface area is 170 Å². The number of carbonyl (C=O) groups is 1. The van der Waals surface area contributed by atoms with Crippen molar-refractivity contribution in [3.8, 4) is 11.5 Å². The molecule has 3 aliphatic heterocycles. The summed E-state index contributed by atoms with van der Waals surface area (Å²) in [4.78, 5) is 13.7. The van der Waals surface area contributed by atoms with Gasteiger partial charge >= 0.3 is 0 Å². The molecule has 0 aromatic heterocycles. The zero-order valence-corrected chi connectivity index (χ0v) is 16.8. The van der Waals surface area contributed by atoms with Crippen molar-refractivity contribution >= 4 is 11.6 Å². The first-order chi connectivity index (χ1) is 14.1. The van der Waals surface area contributed by atoms with E-state index in [1.165, 1.54) is 5.56 Å². The van der Waals surface area contributed by atoms with Gasteiger partial charge in [-0.1, -0.05) is 30.3 Å². The lowest BCUT2D eigenvalue weighted by Crippen LogP contribution is -2.59. The second kappa shape index (κ2) is 6.79. The van der Waals surface area contributed by atoms with Crippen LogP contribution in [-0.2, 0) is 4.79 Å². The number of nitrogens with zero attached hydrogens (tertiary/aromatic N) is 3. The molecule has 1 spiro atoms. The van der Waals surface area contributed by atoms with E-state index < -0.39 is 5.72 Å². The minimum absolute atomic E-state index is 0.118. The zero-order chi connectivity index (χ0) is 20.0. The maximum absolute atomic E-state index is 11.8. The number of ether oxygens (including phenoxy) is 2. The van der Waals surface area contributed by atoms with Crippen molar-refractivity contribution < 1.29 is 14.3 Å². The summed E-state index contributed by atoms with van der Waals surface area (Å²) < 4.78 is 12.2. The molecule has 1 atom stereocenters. The van der Waals surface area contributed by atoms with Crippen LogP contribution in [0, 0.1) is 0 Å². The molecule has 1 amide bonds. The molecule has 6 nitrogen and oxygen atoms in total. The smallest absolute Gasteiger partial charge is 0.219 e. The molecule has 2 aromatic carbocycles. The molecule has 29 heavy (non-hydrogen) atoms. The second-order valence-electron chi connectivity index (χ2n) is 7.90. The first kappa shape index (κ1) is 18.0. The first-order valence-corrected chi connectivity index (χ1v) is 10.1. The summed E-state index contributed by atoms with van der Waals surface area (Å²) in [5, 5.41) is 7.24. The topological polar surface area (TPSA) is 54.4 Å². The maximum atomic E-state index is 11.8. The standard InChI is InChI=1S/C23H25N3O3/c1-16(27)25-13-11-23(12-14-25)26-20(18-8-4-6-10-22(18)29-23)15-19(24-26)17-7-3-5-9-21(17)28-2/h3-10,20H,11-15H2,1-2H3/t20-/m0/s1. The van der Waals surface area contributed by atoms with Gasteiger partial charge in [-0.25, -0.2) is 5.01 Å². The van der Waals surface area contributed by atoms with Crippen LogP contribution >= 0.6 is 0 Å². The zero-order valence-electron chi connectivity index (χ0n) is 16.8. The minimum Gasteiger partial charge on any atom is -0.496 e. The van der Waals surface area contributed by atoms with Gasteiger partial charge in [-0.2, -0.15) is 5.10 Å². The monoisotopic (exact) mass is 391 g/mol. The van der Waals surface area contributed by atoms with Gasteiger partial charge in [0, 0.05) is 50.4 Å². The quantitative estimate of drug-likeness (QED) is 0.785. The molecule has 0 bridgehead atoms. The Balaban J connectivity index is 1.56. The fourth-order valence-electron chi connectivity index (χ4n) is 4.78. The predicted molar refractivity (Wildman–Crippen MR) is 110 cm³/mol. The van der Waals surface area contributed by atoms with Gasteiger partial charge in [0.25, 0.3) is 0 Å². The van der Waals surface area contributed by atoms with E-state index in [4.69, 9.17) is 14.6 Å². The molecule has 150 valence electrons. The molecule has 0 aliphatic carbocycles. The number of hydrogen-bond acceptors (Lipinski definition) is 5. The fourth-order valence-corrected chi connectivity index (χ4v) is 4.78. The Kier molecular flexibility index (Phi) is 4.23. The predicted octanol–water partition coefficient (Wildman–Crippen LogP) is 3.58. The SMILES string of the molecule is COc1ccccc1C1=NN2[C@@H](C1)c1ccccc1OC21CCN(C(C)=O)CC1. The van der Waals surface area contributed by atoms with E-state index in [0.29, 0.717) is 13.1 Å². The number of para-hydroxylation sites is 2. The highest BCUT2D eigenvalue weighted by Crippen LogP contribution is 2.50. The average Bonchev–Trinajstić information content (AvgIpc) is 3.21. The molecule has 2 aromatic rings. The number of benzene rings is 2.